The first-order valence-corrected chi connectivity index (χ1v) is 8.43. The molecule has 1 aliphatic heterocycles. The zero-order chi connectivity index (χ0) is 16.1. The van der Waals surface area contributed by atoms with Crippen molar-refractivity contribution in [2.75, 3.05) is 13.1 Å². The maximum atomic E-state index is 12.7. The van der Waals surface area contributed by atoms with Crippen LogP contribution in [0.4, 0.5) is 0 Å². The largest absolute Gasteiger partial charge is 0.345 e. The van der Waals surface area contributed by atoms with Crippen molar-refractivity contribution in [1.82, 2.24) is 10.6 Å². The van der Waals surface area contributed by atoms with Crippen LogP contribution in [-0.2, 0) is 4.79 Å². The van der Waals surface area contributed by atoms with Crippen LogP contribution >= 0.6 is 24.0 Å². The highest BCUT2D eigenvalue weighted by Crippen LogP contribution is 2.25. The molecule has 1 unspecified atom stereocenters. The number of carbonyl (C=O) groups excluding carboxylic acids is 1. The molecule has 0 aromatic heterocycles. The quantitative estimate of drug-likeness (QED) is 0.861. The number of rotatable bonds is 4. The van der Waals surface area contributed by atoms with Crippen LogP contribution in [0.5, 0.6) is 0 Å². The van der Waals surface area contributed by atoms with Crippen LogP contribution in [0.1, 0.15) is 30.0 Å². The van der Waals surface area contributed by atoms with Gasteiger partial charge in [-0.25, -0.2) is 0 Å². The Morgan fingerprint density at radius 2 is 1.58 bits per heavy atom. The number of hydrogen-bond acceptors (Lipinski definition) is 2. The molecule has 0 bridgehead atoms. The van der Waals surface area contributed by atoms with E-state index in [1.54, 1.807) is 0 Å². The number of nitrogens with one attached hydrogen (secondary N) is 2. The van der Waals surface area contributed by atoms with Gasteiger partial charge in [-0.1, -0.05) is 54.1 Å². The van der Waals surface area contributed by atoms with Crippen molar-refractivity contribution in [3.8, 4) is 0 Å². The number of halogens is 2. The van der Waals surface area contributed by atoms with E-state index in [1.807, 2.05) is 54.6 Å². The van der Waals surface area contributed by atoms with Gasteiger partial charge in [-0.15, -0.1) is 12.4 Å². The molecule has 2 aromatic rings. The van der Waals surface area contributed by atoms with Gasteiger partial charge in [0.25, 0.3) is 0 Å². The third kappa shape index (κ3) is 4.73. The van der Waals surface area contributed by atoms with Crippen LogP contribution in [0.15, 0.2) is 54.6 Å². The summed E-state index contributed by atoms with van der Waals surface area (Å²) < 4.78 is 0. The molecule has 2 aromatic carbocycles. The van der Waals surface area contributed by atoms with Crippen molar-refractivity contribution in [2.24, 2.45) is 5.92 Å². The standard InChI is InChI=1S/C19H21ClN2O.ClH/c20-17-8-6-15(7-9-17)18(14-4-2-1-3-5-14)22-19(23)16-10-12-21-13-11-16;/h1-9,16,18,21H,10-13H2,(H,22,23);1H. The molecule has 0 spiro atoms. The van der Waals surface area contributed by atoms with Gasteiger partial charge in [0.05, 0.1) is 6.04 Å². The second-order valence-electron chi connectivity index (χ2n) is 5.93. The fourth-order valence-corrected chi connectivity index (χ4v) is 3.13. The molecule has 1 amide bonds. The van der Waals surface area contributed by atoms with Gasteiger partial charge in [-0.2, -0.15) is 0 Å². The molecule has 128 valence electrons. The molecule has 1 heterocycles. The third-order valence-corrected chi connectivity index (χ3v) is 4.58. The minimum atomic E-state index is -0.143. The lowest BCUT2D eigenvalue weighted by atomic mass is 9.94. The minimum absolute atomic E-state index is 0. The smallest absolute Gasteiger partial charge is 0.223 e. The van der Waals surface area contributed by atoms with Gasteiger partial charge in [-0.3, -0.25) is 4.79 Å². The van der Waals surface area contributed by atoms with Gasteiger partial charge in [-0.05, 0) is 49.2 Å². The lowest BCUT2D eigenvalue weighted by Crippen LogP contribution is -2.40. The average molecular weight is 365 g/mol. The second-order valence-corrected chi connectivity index (χ2v) is 6.36. The average Bonchev–Trinajstić information content (AvgIpc) is 2.62. The molecule has 24 heavy (non-hydrogen) atoms. The van der Waals surface area contributed by atoms with E-state index < -0.39 is 0 Å². The summed E-state index contributed by atoms with van der Waals surface area (Å²) in [5, 5.41) is 7.23. The first kappa shape index (κ1) is 18.8. The van der Waals surface area contributed by atoms with Gasteiger partial charge in [0, 0.05) is 10.9 Å². The van der Waals surface area contributed by atoms with Gasteiger partial charge < -0.3 is 10.6 Å². The molecular weight excluding hydrogens is 343 g/mol. The van der Waals surface area contributed by atoms with E-state index in [4.69, 9.17) is 11.6 Å². The molecule has 5 heteroatoms. The summed E-state index contributed by atoms with van der Waals surface area (Å²) in [6, 6.07) is 17.6. The van der Waals surface area contributed by atoms with Crippen molar-refractivity contribution < 1.29 is 4.79 Å². The number of amides is 1. The Balaban J connectivity index is 0.00000208. The van der Waals surface area contributed by atoms with Crippen molar-refractivity contribution in [2.45, 2.75) is 18.9 Å². The molecule has 1 fully saturated rings. The summed E-state index contributed by atoms with van der Waals surface area (Å²) in [6.07, 6.45) is 1.79. The second kappa shape index (κ2) is 9.07. The summed E-state index contributed by atoms with van der Waals surface area (Å²) in [5.74, 6) is 0.227. The Kier molecular flexibility index (Phi) is 7.10. The molecule has 1 saturated heterocycles. The minimum Gasteiger partial charge on any atom is -0.345 e. The van der Waals surface area contributed by atoms with Crippen LogP contribution in [0.2, 0.25) is 5.02 Å². The summed E-state index contributed by atoms with van der Waals surface area (Å²) in [6.45, 7) is 1.82. The highest BCUT2D eigenvalue weighted by Gasteiger charge is 2.24. The topological polar surface area (TPSA) is 41.1 Å². The first-order chi connectivity index (χ1) is 11.2. The SMILES string of the molecule is Cl.O=C(NC(c1ccccc1)c1ccc(Cl)cc1)C1CCNCC1. The molecule has 0 aliphatic carbocycles. The van der Waals surface area contributed by atoms with Gasteiger partial charge in [0.15, 0.2) is 0 Å². The number of carbonyl (C=O) groups is 1. The van der Waals surface area contributed by atoms with Crippen molar-refractivity contribution in [1.29, 1.82) is 0 Å². The number of hydrogen-bond donors (Lipinski definition) is 2. The van der Waals surface area contributed by atoms with Crippen LogP contribution in [0, 0.1) is 5.92 Å². The first-order valence-electron chi connectivity index (χ1n) is 8.05. The molecule has 0 saturated carbocycles. The van der Waals surface area contributed by atoms with E-state index in [0.29, 0.717) is 5.02 Å². The lowest BCUT2D eigenvalue weighted by molar-refractivity contribution is -0.126. The fraction of sp³-hybridized carbons (Fsp3) is 0.316. The van der Waals surface area contributed by atoms with Crippen LogP contribution < -0.4 is 10.6 Å². The zero-order valence-electron chi connectivity index (χ0n) is 13.4. The van der Waals surface area contributed by atoms with E-state index in [0.717, 1.165) is 37.1 Å². The normalized spacial score (nSPS) is 16.0. The molecular formula is C19H22Cl2N2O. The van der Waals surface area contributed by atoms with E-state index in [1.165, 1.54) is 0 Å². The van der Waals surface area contributed by atoms with Crippen molar-refractivity contribution in [3.63, 3.8) is 0 Å². The highest BCUT2D eigenvalue weighted by molar-refractivity contribution is 6.30. The van der Waals surface area contributed by atoms with Crippen LogP contribution in [0.3, 0.4) is 0 Å². The van der Waals surface area contributed by atoms with Gasteiger partial charge in [0.2, 0.25) is 5.91 Å². The monoisotopic (exact) mass is 364 g/mol. The Labute approximate surface area is 154 Å². The van der Waals surface area contributed by atoms with E-state index >= 15 is 0 Å². The Morgan fingerprint density at radius 3 is 2.21 bits per heavy atom. The van der Waals surface area contributed by atoms with E-state index in [2.05, 4.69) is 10.6 Å². The lowest BCUT2D eigenvalue weighted by Gasteiger charge is -2.26. The van der Waals surface area contributed by atoms with E-state index in [-0.39, 0.29) is 30.3 Å². The molecule has 3 rings (SSSR count). The maximum Gasteiger partial charge on any atom is 0.223 e. The van der Waals surface area contributed by atoms with Crippen LogP contribution in [-0.4, -0.2) is 19.0 Å². The van der Waals surface area contributed by atoms with Crippen molar-refractivity contribution >= 4 is 29.9 Å². The maximum absolute atomic E-state index is 12.7. The number of benzene rings is 2. The highest BCUT2D eigenvalue weighted by atomic mass is 35.5. The summed E-state index contributed by atoms with van der Waals surface area (Å²) >= 11 is 6.00. The third-order valence-electron chi connectivity index (χ3n) is 4.33. The summed E-state index contributed by atoms with van der Waals surface area (Å²) in [4.78, 5) is 12.7. The van der Waals surface area contributed by atoms with E-state index in [9.17, 15) is 4.79 Å². The van der Waals surface area contributed by atoms with Crippen molar-refractivity contribution in [3.05, 3.63) is 70.7 Å². The molecule has 2 N–H and O–H groups in total. The Hall–Kier alpha value is -1.55. The van der Waals surface area contributed by atoms with Gasteiger partial charge in [0.1, 0.15) is 0 Å². The van der Waals surface area contributed by atoms with Crippen LogP contribution in [0.25, 0.3) is 0 Å². The summed E-state index contributed by atoms with van der Waals surface area (Å²) in [7, 11) is 0. The number of piperidine rings is 1. The Bertz CT molecular complexity index is 640. The Morgan fingerprint density at radius 1 is 1.00 bits per heavy atom. The molecule has 1 aliphatic rings. The predicted octanol–water partition coefficient (Wildman–Crippen LogP) is 3.97. The molecule has 0 radical (unpaired) electrons. The van der Waals surface area contributed by atoms with Gasteiger partial charge >= 0.3 is 0 Å². The molecule has 3 nitrogen and oxygen atoms in total. The predicted molar refractivity (Wildman–Crippen MR) is 101 cm³/mol. The fourth-order valence-electron chi connectivity index (χ4n) is 3.00. The zero-order valence-corrected chi connectivity index (χ0v) is 14.9. The summed E-state index contributed by atoms with van der Waals surface area (Å²) in [5.41, 5.74) is 2.12. The molecule has 1 atom stereocenters.